The number of anilines is 1. The van der Waals surface area contributed by atoms with Gasteiger partial charge in [0.1, 0.15) is 6.54 Å². The number of benzene rings is 1. The quantitative estimate of drug-likeness (QED) is 0.825. The Kier molecular flexibility index (Phi) is 4.69. The summed E-state index contributed by atoms with van der Waals surface area (Å²) in [4.78, 5) is 12.4. The fraction of sp³-hybridized carbons (Fsp3) is 0.562. The number of halogens is 1. The van der Waals surface area contributed by atoms with Crippen LogP contribution in [0.3, 0.4) is 0 Å². The summed E-state index contributed by atoms with van der Waals surface area (Å²) in [5, 5.41) is 3.04. The van der Waals surface area contributed by atoms with Gasteiger partial charge in [0, 0.05) is 10.5 Å². The Labute approximate surface area is 145 Å². The normalized spacial score (nSPS) is 26.3. The zero-order valence-electron chi connectivity index (χ0n) is 13.0. The van der Waals surface area contributed by atoms with E-state index >= 15 is 0 Å². The molecule has 0 spiro atoms. The van der Waals surface area contributed by atoms with E-state index in [9.17, 15) is 13.2 Å². The fourth-order valence-corrected chi connectivity index (χ4v) is 5.07. The minimum absolute atomic E-state index is 0.177. The topological polar surface area (TPSA) is 66.5 Å². The Hall–Kier alpha value is -1.08. The number of fused-ring (bicyclic) bond motifs is 2. The van der Waals surface area contributed by atoms with Crippen molar-refractivity contribution in [3.63, 3.8) is 0 Å². The molecule has 0 heterocycles. The third-order valence-electron chi connectivity index (χ3n) is 4.87. The first kappa shape index (κ1) is 16.8. The van der Waals surface area contributed by atoms with Gasteiger partial charge in [0.05, 0.1) is 11.9 Å². The molecule has 2 aliphatic carbocycles. The molecule has 1 aromatic carbocycles. The summed E-state index contributed by atoms with van der Waals surface area (Å²) in [6.07, 6.45) is 5.80. The lowest BCUT2D eigenvalue weighted by atomic mass is 9.95. The standard InChI is InChI=1S/C16H21BrN2O3S/c1-23(21,22)19(14-4-2-3-13(17)9-14)10-16(20)18-15-8-11-5-6-12(15)7-11/h2-4,9,11-12,15H,5-8,10H2,1H3,(H,18,20)/t11-,12-,15+/m1/s1. The number of carbonyl (C=O) groups is 1. The Morgan fingerprint density at radius 2 is 2.13 bits per heavy atom. The molecular formula is C16H21BrN2O3S. The molecule has 23 heavy (non-hydrogen) atoms. The zero-order valence-corrected chi connectivity index (χ0v) is 15.4. The van der Waals surface area contributed by atoms with Crippen molar-refractivity contribution in [1.29, 1.82) is 0 Å². The van der Waals surface area contributed by atoms with Crippen LogP contribution in [0.5, 0.6) is 0 Å². The maximum absolute atomic E-state index is 12.4. The molecule has 7 heteroatoms. The van der Waals surface area contributed by atoms with Crippen molar-refractivity contribution in [2.75, 3.05) is 17.1 Å². The van der Waals surface area contributed by atoms with E-state index in [1.54, 1.807) is 18.2 Å². The Morgan fingerprint density at radius 3 is 2.70 bits per heavy atom. The molecule has 0 unspecified atom stereocenters. The van der Waals surface area contributed by atoms with Gasteiger partial charge in [-0.15, -0.1) is 0 Å². The van der Waals surface area contributed by atoms with Gasteiger partial charge in [0.15, 0.2) is 0 Å². The Morgan fingerprint density at radius 1 is 1.35 bits per heavy atom. The SMILES string of the molecule is CS(=O)(=O)N(CC(=O)N[C@H]1C[C@@H]2CC[C@@H]1C2)c1cccc(Br)c1. The van der Waals surface area contributed by atoms with Crippen LogP contribution in [0, 0.1) is 11.8 Å². The van der Waals surface area contributed by atoms with Crippen molar-refractivity contribution >= 4 is 37.5 Å². The van der Waals surface area contributed by atoms with Crippen LogP contribution in [-0.2, 0) is 14.8 Å². The second-order valence-electron chi connectivity index (χ2n) is 6.60. The predicted octanol–water partition coefficient (Wildman–Crippen LogP) is 2.52. The molecule has 1 amide bonds. The fourth-order valence-electron chi connectivity index (χ4n) is 3.84. The molecule has 3 atom stereocenters. The minimum Gasteiger partial charge on any atom is -0.352 e. The van der Waals surface area contributed by atoms with Crippen molar-refractivity contribution < 1.29 is 13.2 Å². The third kappa shape index (κ3) is 3.88. The van der Waals surface area contributed by atoms with Crippen LogP contribution < -0.4 is 9.62 Å². The van der Waals surface area contributed by atoms with E-state index < -0.39 is 10.0 Å². The summed E-state index contributed by atoms with van der Waals surface area (Å²) < 4.78 is 26.1. The monoisotopic (exact) mass is 400 g/mol. The number of hydrogen-bond acceptors (Lipinski definition) is 3. The van der Waals surface area contributed by atoms with Gasteiger partial charge < -0.3 is 5.32 Å². The summed E-state index contributed by atoms with van der Waals surface area (Å²) in [5.41, 5.74) is 0.491. The molecule has 1 aromatic rings. The lowest BCUT2D eigenvalue weighted by molar-refractivity contribution is -0.120. The molecule has 0 aromatic heterocycles. The van der Waals surface area contributed by atoms with Crippen molar-refractivity contribution in [2.45, 2.75) is 31.7 Å². The van der Waals surface area contributed by atoms with Crippen LogP contribution in [0.25, 0.3) is 0 Å². The van der Waals surface area contributed by atoms with E-state index in [0.717, 1.165) is 27.4 Å². The first-order chi connectivity index (χ1) is 10.8. The average Bonchev–Trinajstić information content (AvgIpc) is 3.06. The van der Waals surface area contributed by atoms with Crippen LogP contribution in [0.15, 0.2) is 28.7 Å². The van der Waals surface area contributed by atoms with Gasteiger partial charge in [0.25, 0.3) is 0 Å². The summed E-state index contributed by atoms with van der Waals surface area (Å²) in [7, 11) is -3.52. The highest BCUT2D eigenvalue weighted by Crippen LogP contribution is 2.44. The molecule has 2 aliphatic rings. The number of amides is 1. The van der Waals surface area contributed by atoms with Gasteiger partial charge >= 0.3 is 0 Å². The first-order valence-electron chi connectivity index (χ1n) is 7.85. The van der Waals surface area contributed by atoms with E-state index in [1.807, 2.05) is 6.07 Å². The first-order valence-corrected chi connectivity index (χ1v) is 10.5. The smallest absolute Gasteiger partial charge is 0.241 e. The van der Waals surface area contributed by atoms with E-state index in [2.05, 4.69) is 21.2 Å². The average molecular weight is 401 g/mol. The molecule has 126 valence electrons. The largest absolute Gasteiger partial charge is 0.352 e. The summed E-state index contributed by atoms with van der Waals surface area (Å²) >= 11 is 3.33. The zero-order chi connectivity index (χ0) is 16.6. The molecule has 0 radical (unpaired) electrons. The summed E-state index contributed by atoms with van der Waals surface area (Å²) in [6, 6.07) is 7.18. The van der Waals surface area contributed by atoms with Crippen LogP contribution in [0.4, 0.5) is 5.69 Å². The lowest BCUT2D eigenvalue weighted by Gasteiger charge is -2.26. The van der Waals surface area contributed by atoms with Crippen LogP contribution >= 0.6 is 15.9 Å². The second kappa shape index (κ2) is 6.43. The molecule has 0 saturated heterocycles. The Balaban J connectivity index is 1.70. The summed E-state index contributed by atoms with van der Waals surface area (Å²) in [5.74, 6) is 1.08. The van der Waals surface area contributed by atoms with Crippen LogP contribution in [0.2, 0.25) is 0 Å². The van der Waals surface area contributed by atoms with E-state index in [1.165, 1.54) is 19.3 Å². The highest BCUT2D eigenvalue weighted by molar-refractivity contribution is 9.10. The third-order valence-corrected chi connectivity index (χ3v) is 6.50. The number of rotatable bonds is 5. The molecule has 1 N–H and O–H groups in total. The van der Waals surface area contributed by atoms with Crippen LogP contribution in [-0.4, -0.2) is 33.2 Å². The number of carbonyl (C=O) groups excluding carboxylic acids is 1. The van der Waals surface area contributed by atoms with Gasteiger partial charge in [-0.05, 0) is 49.3 Å². The van der Waals surface area contributed by atoms with E-state index in [4.69, 9.17) is 0 Å². The number of nitrogens with one attached hydrogen (secondary N) is 1. The highest BCUT2D eigenvalue weighted by Gasteiger charge is 2.40. The van der Waals surface area contributed by atoms with Crippen LogP contribution in [0.1, 0.15) is 25.7 Å². The lowest BCUT2D eigenvalue weighted by Crippen LogP contribution is -2.45. The molecular weight excluding hydrogens is 380 g/mol. The maximum atomic E-state index is 12.4. The van der Waals surface area contributed by atoms with Crippen molar-refractivity contribution in [3.8, 4) is 0 Å². The molecule has 2 fully saturated rings. The molecule has 2 saturated carbocycles. The van der Waals surface area contributed by atoms with Crippen molar-refractivity contribution in [1.82, 2.24) is 5.32 Å². The van der Waals surface area contributed by atoms with Gasteiger partial charge in [-0.2, -0.15) is 0 Å². The van der Waals surface area contributed by atoms with Gasteiger partial charge in [-0.3, -0.25) is 9.10 Å². The maximum Gasteiger partial charge on any atom is 0.241 e. The summed E-state index contributed by atoms with van der Waals surface area (Å²) in [6.45, 7) is -0.177. The molecule has 2 bridgehead atoms. The molecule has 5 nitrogen and oxygen atoms in total. The van der Waals surface area contributed by atoms with Gasteiger partial charge in [0.2, 0.25) is 15.9 Å². The van der Waals surface area contributed by atoms with Crippen molar-refractivity contribution in [2.24, 2.45) is 11.8 Å². The highest BCUT2D eigenvalue weighted by atomic mass is 79.9. The minimum atomic E-state index is -3.52. The number of nitrogens with zero attached hydrogens (tertiary/aromatic N) is 1. The Bertz CT molecular complexity index is 707. The number of sulfonamides is 1. The predicted molar refractivity (Wildman–Crippen MR) is 93.7 cm³/mol. The van der Waals surface area contributed by atoms with Gasteiger partial charge in [-0.25, -0.2) is 8.42 Å². The number of hydrogen-bond donors (Lipinski definition) is 1. The second-order valence-corrected chi connectivity index (χ2v) is 9.42. The van der Waals surface area contributed by atoms with Gasteiger partial charge in [-0.1, -0.05) is 28.4 Å². The van der Waals surface area contributed by atoms with E-state index in [-0.39, 0.29) is 18.5 Å². The van der Waals surface area contributed by atoms with Crippen molar-refractivity contribution in [3.05, 3.63) is 28.7 Å². The van der Waals surface area contributed by atoms with E-state index in [0.29, 0.717) is 11.6 Å². The molecule has 3 rings (SSSR count). The molecule has 0 aliphatic heterocycles.